The van der Waals surface area contributed by atoms with Gasteiger partial charge in [-0.15, -0.1) is 0 Å². The number of phenolic OH excluding ortho intramolecular Hbond substituents is 2. The Labute approximate surface area is 772 Å². The highest BCUT2D eigenvalue weighted by atomic mass is 35.5. The molecule has 12 aliphatic rings. The minimum absolute atomic E-state index is 0.00641. The number of hydrogen-bond acceptors (Lipinski definition) is 29. The summed E-state index contributed by atoms with van der Waals surface area (Å²) in [6.07, 6.45) is -14.1. The predicted octanol–water partition coefficient (Wildman–Crippen LogP) is 4.94. The SMILES string of the molecule is CCCCCCCCNC(=O)Oc1cc(O)c2c(c1)[C@@H](C(=O)NC1C3CC4CC(C3)CC1C4)NC(=O)[C@H]1NC(=O)[C@H](NC(=O)[C@@H]3NC(=O)[C@H](CC(N)=O)NC(=O)[C@H](NC(=O)[C@@H](CC(C)C)NC)[C@H](O)c4ccc(c(Cl)c4)Oc4cc3cc(c4OC3OC(CO)C(O)C(O)C3OC3CC(C)(N)C(O)C(C)O3)Oc3ccc(cc3Cl)[C@H]1OC1CC(C)(N)C(O)C(C)O1)c1ccc(O)c-2c1. The Morgan fingerprint density at radius 2 is 1.21 bits per heavy atom. The number of rotatable bonds is 24. The number of benzene rings is 5. The standard InChI is InChI=1S/C92H120Cl2N12O26/c1-9-10-11-12-13-14-21-99-90(123)126-50-33-52-67(58(109)34-50)51-28-44(15-18-57(51)108)69-84(118)106-73(88(122)104-71(52)86(120)101-68-47-24-42-23-43(26-47)27-48(68)25-42)77(130-65-36-91(6,96)80(114)40(4)124-65)46-17-20-60(54(94)30-46)128-62-32-49-31-61(78(62)132-89-79(76(113)75(112)63(38-107)129-89)131-66-37-92(7,97)81(115)41(5)125-66)127-59-19-16-45(29-53(59)93)74(111)72(105-82(116)55(98-8)22-39(2)3)87(121)100-56(35-64(95)110)83(117)102-70(49)85(119)103-69/h15-20,28-34,39-43,47-48,55-56,63,65-66,68-77,79-81,89,98,107-109,111-115H,9-14,21-27,35-38,96-97H2,1-8H3,(H2,95,110)(H,99,123)(H,100,121)(H,101,120)(H,102,117)(H,103,119)(H,104,122)(H,105,116)(H,106,118)/t40?,41?,42?,43?,47?,48?,55-,56+,63?,65?,66?,68?,69-,70-,71+,72-,73+,74-,75?,76?,77-,79?,80?,81?,89?,91?,92?/m1/s1. The molecule has 4 aliphatic carbocycles. The molecule has 40 heteroatoms. The Morgan fingerprint density at radius 3 is 1.81 bits per heavy atom. The van der Waals surface area contributed by atoms with Crippen LogP contribution in [-0.2, 0) is 62.0 Å². The molecule has 4 saturated carbocycles. The molecule has 23 N–H and O–H groups in total. The summed E-state index contributed by atoms with van der Waals surface area (Å²) in [6, 6.07) is 0.814. The van der Waals surface area contributed by atoms with E-state index < -0.39 is 240 Å². The number of carbonyl (C=O) groups excluding carboxylic acids is 9. The van der Waals surface area contributed by atoms with E-state index in [1.54, 1.807) is 0 Å². The van der Waals surface area contributed by atoms with Crippen LogP contribution in [0, 0.1) is 29.6 Å². The fraction of sp³-hybridized carbons (Fsp3) is 0.576. The van der Waals surface area contributed by atoms with Gasteiger partial charge < -0.3 is 149 Å². The fourth-order valence-electron chi connectivity index (χ4n) is 20.0. The molecule has 38 nitrogen and oxygen atoms in total. The summed E-state index contributed by atoms with van der Waals surface area (Å²) in [7, 11) is 1.49. The summed E-state index contributed by atoms with van der Waals surface area (Å²) in [6.45, 7) is 11.0. The van der Waals surface area contributed by atoms with E-state index >= 15 is 28.8 Å². The van der Waals surface area contributed by atoms with Gasteiger partial charge in [-0.05, 0) is 192 Å². The van der Waals surface area contributed by atoms with E-state index in [0.717, 1.165) is 94.5 Å². The van der Waals surface area contributed by atoms with Gasteiger partial charge in [0, 0.05) is 53.7 Å². The van der Waals surface area contributed by atoms with Crippen LogP contribution >= 0.6 is 23.2 Å². The molecule has 718 valence electrons. The van der Waals surface area contributed by atoms with E-state index in [-0.39, 0.29) is 104 Å². The molecule has 7 fully saturated rings. The average Bonchev–Trinajstić information content (AvgIpc) is 0.754. The molecule has 0 spiro atoms. The Bertz CT molecular complexity index is 5100. The van der Waals surface area contributed by atoms with Gasteiger partial charge in [0.1, 0.15) is 95.5 Å². The zero-order valence-electron chi connectivity index (χ0n) is 74.5. The van der Waals surface area contributed by atoms with Crippen molar-refractivity contribution in [1.29, 1.82) is 0 Å². The number of primary amides is 1. The molecule has 5 aromatic carbocycles. The Balaban J connectivity index is 0.996. The summed E-state index contributed by atoms with van der Waals surface area (Å²) < 4.78 is 58.8. The van der Waals surface area contributed by atoms with Crippen molar-refractivity contribution >= 4 is 76.6 Å². The predicted molar refractivity (Wildman–Crippen MR) is 473 cm³/mol. The summed E-state index contributed by atoms with van der Waals surface area (Å²) in [5.41, 5.74) is 14.4. The zero-order valence-corrected chi connectivity index (χ0v) is 76.0. The molecule has 0 radical (unpaired) electrons. The van der Waals surface area contributed by atoms with Crippen molar-refractivity contribution in [2.75, 3.05) is 20.2 Å². The lowest BCUT2D eigenvalue weighted by atomic mass is 9.54. The van der Waals surface area contributed by atoms with Gasteiger partial charge >= 0.3 is 6.09 Å². The number of fused-ring (bicyclic) bond motifs is 15. The fourth-order valence-corrected chi connectivity index (χ4v) is 20.4. The van der Waals surface area contributed by atoms with Gasteiger partial charge in [-0.3, -0.25) is 38.4 Å². The highest BCUT2D eigenvalue weighted by Gasteiger charge is 2.54. The molecule has 22 atom stereocenters. The Kier molecular flexibility index (Phi) is 30.6. The first-order valence-electron chi connectivity index (χ1n) is 45.1. The van der Waals surface area contributed by atoms with Gasteiger partial charge in [0.2, 0.25) is 59.3 Å². The van der Waals surface area contributed by atoms with Crippen molar-refractivity contribution in [3.05, 3.63) is 117 Å². The lowest BCUT2D eigenvalue weighted by Gasteiger charge is -2.54. The van der Waals surface area contributed by atoms with Gasteiger partial charge in [0.25, 0.3) is 0 Å². The number of amides is 9. The number of halogens is 2. The highest BCUT2D eigenvalue weighted by Crippen LogP contribution is 2.55. The number of hydrogen-bond donors (Lipinski definition) is 20. The van der Waals surface area contributed by atoms with E-state index in [2.05, 4.69) is 54.8 Å². The first-order chi connectivity index (χ1) is 62.7. The van der Waals surface area contributed by atoms with Crippen molar-refractivity contribution < 1.29 is 127 Å². The van der Waals surface area contributed by atoms with E-state index in [1.807, 2.05) is 13.8 Å². The van der Waals surface area contributed by atoms with Crippen molar-refractivity contribution in [2.45, 2.75) is 284 Å². The number of aliphatic hydroxyl groups excluding tert-OH is 6. The molecule has 132 heavy (non-hydrogen) atoms. The monoisotopic (exact) mass is 1880 g/mol. The van der Waals surface area contributed by atoms with E-state index in [9.17, 15) is 55.2 Å². The van der Waals surface area contributed by atoms with Gasteiger partial charge in [0.15, 0.2) is 30.2 Å². The lowest BCUT2D eigenvalue weighted by Crippen LogP contribution is -2.64. The molecule has 13 unspecified atom stereocenters. The maximum absolute atomic E-state index is 16.9. The lowest BCUT2D eigenvalue weighted by molar-refractivity contribution is -0.333. The van der Waals surface area contributed by atoms with Crippen molar-refractivity contribution in [3.63, 3.8) is 0 Å². The summed E-state index contributed by atoms with van der Waals surface area (Å²) in [5.74, 6) is -13.3. The number of nitrogens with one attached hydrogen (secondary N) is 9. The van der Waals surface area contributed by atoms with Crippen LogP contribution in [-0.4, -0.2) is 223 Å². The quantitative estimate of drug-likeness (QED) is 0.0364. The van der Waals surface area contributed by atoms with Crippen molar-refractivity contribution in [2.24, 2.45) is 46.8 Å². The van der Waals surface area contributed by atoms with Crippen molar-refractivity contribution in [1.82, 2.24) is 47.9 Å². The van der Waals surface area contributed by atoms with E-state index in [4.69, 9.17) is 83.0 Å². The van der Waals surface area contributed by atoms with Crippen LogP contribution in [0.4, 0.5) is 4.79 Å². The maximum Gasteiger partial charge on any atom is 0.412 e. The third-order valence-electron chi connectivity index (χ3n) is 26.7. The third kappa shape index (κ3) is 21.7. The molecule has 8 heterocycles. The second kappa shape index (κ2) is 41.2. The smallest absolute Gasteiger partial charge is 0.412 e. The molecule has 5 aromatic rings. The molecule has 8 aliphatic heterocycles. The van der Waals surface area contributed by atoms with Crippen LogP contribution in [0.15, 0.2) is 78.9 Å². The molecular formula is C92H120Cl2N12O26. The van der Waals surface area contributed by atoms with Crippen LogP contribution in [0.1, 0.15) is 203 Å². The minimum Gasteiger partial charge on any atom is -0.507 e. The second-order valence-electron chi connectivity index (χ2n) is 37.4. The first-order valence-corrected chi connectivity index (χ1v) is 45.8. The maximum atomic E-state index is 16.9. The third-order valence-corrected chi connectivity index (χ3v) is 27.3. The largest absolute Gasteiger partial charge is 0.507 e. The summed E-state index contributed by atoms with van der Waals surface area (Å²) in [5, 5.41) is 120. The number of unbranched alkanes of at least 4 members (excludes halogenated alkanes) is 5. The number of ether oxygens (including phenoxy) is 9. The molecule has 15 bridgehead atoms. The number of nitrogens with two attached hydrogens (primary N) is 3. The Morgan fingerprint density at radius 1 is 0.629 bits per heavy atom. The Hall–Kier alpha value is -9.85. The van der Waals surface area contributed by atoms with Crippen LogP contribution in [0.5, 0.6) is 46.0 Å². The average molecular weight is 1880 g/mol. The number of phenols is 2. The van der Waals surface area contributed by atoms with Crippen LogP contribution in [0.3, 0.4) is 0 Å². The molecule has 9 amide bonds. The van der Waals surface area contributed by atoms with Crippen LogP contribution < -0.4 is 84.0 Å². The number of carbonyl (C=O) groups is 9. The second-order valence-corrected chi connectivity index (χ2v) is 38.3. The number of likely N-dealkylation sites (N-methyl/N-ethyl adjacent to an activating group) is 1. The van der Waals surface area contributed by atoms with Gasteiger partial charge in [-0.2, -0.15) is 0 Å². The molecule has 0 aromatic heterocycles. The van der Waals surface area contributed by atoms with Gasteiger partial charge in [-0.25, -0.2) is 4.79 Å². The molecular weight excluding hydrogens is 1760 g/mol. The first kappa shape index (κ1) is 98.2. The van der Waals surface area contributed by atoms with Gasteiger partial charge in [0.05, 0.1) is 53.5 Å². The number of aliphatic hydroxyl groups is 6. The van der Waals surface area contributed by atoms with Gasteiger partial charge in [-0.1, -0.05) is 94.3 Å². The topological polar surface area (TPSA) is 585 Å². The van der Waals surface area contributed by atoms with Crippen LogP contribution in [0.2, 0.25) is 10.0 Å². The van der Waals surface area contributed by atoms with E-state index in [1.165, 1.54) is 83.3 Å². The summed E-state index contributed by atoms with van der Waals surface area (Å²) >= 11 is 14.8. The normalized spacial score (nSPS) is 32.9. The summed E-state index contributed by atoms with van der Waals surface area (Å²) in [4.78, 5) is 140. The number of aromatic hydroxyl groups is 2. The van der Waals surface area contributed by atoms with Crippen molar-refractivity contribution in [3.8, 4) is 57.1 Å². The highest BCUT2D eigenvalue weighted by molar-refractivity contribution is 6.32. The zero-order chi connectivity index (χ0) is 95.0. The molecule has 3 saturated heterocycles. The van der Waals surface area contributed by atoms with E-state index in [0.29, 0.717) is 18.3 Å². The van der Waals surface area contributed by atoms with Crippen LogP contribution in [0.25, 0.3) is 11.1 Å². The minimum atomic E-state index is -2.38. The molecule has 17 rings (SSSR count).